The Kier molecular flexibility index (Phi) is 7.72. The lowest BCUT2D eigenvalue weighted by atomic mass is 10.2. The van der Waals surface area contributed by atoms with Crippen LogP contribution in [0.5, 0.6) is 0 Å². The first-order valence-electron chi connectivity index (χ1n) is 5.05. The Morgan fingerprint density at radius 3 is 1.88 bits per heavy atom. The highest BCUT2D eigenvalue weighted by molar-refractivity contribution is 7.82. The molecule has 0 saturated carbocycles. The number of hydrogen-bond donors (Lipinski definition) is 1. The Morgan fingerprint density at radius 1 is 1.18 bits per heavy atom. The van der Waals surface area contributed by atoms with E-state index in [1.54, 1.807) is 0 Å². The van der Waals surface area contributed by atoms with Gasteiger partial charge in [-0.1, -0.05) is 11.6 Å². The minimum atomic E-state index is -0.802. The second-order valence-electron chi connectivity index (χ2n) is 3.92. The van der Waals surface area contributed by atoms with Crippen molar-refractivity contribution in [1.29, 1.82) is 0 Å². The quantitative estimate of drug-likeness (QED) is 0.473. The van der Waals surface area contributed by atoms with Gasteiger partial charge in [-0.15, -0.1) is 11.6 Å². The molecule has 0 aliphatic heterocycles. The van der Waals surface area contributed by atoms with E-state index >= 15 is 0 Å². The summed E-state index contributed by atoms with van der Waals surface area (Å²) < 4.78 is 4.12. The van der Waals surface area contributed by atoms with Crippen LogP contribution in [-0.2, 0) is 4.74 Å². The van der Waals surface area contributed by atoms with Gasteiger partial charge in [0, 0.05) is 12.1 Å². The first-order valence-corrected chi connectivity index (χ1v) is 6.76. The van der Waals surface area contributed by atoms with Crippen molar-refractivity contribution >= 4 is 53.5 Å². The molecule has 0 fully saturated rings. The molecule has 0 aromatic rings. The normalized spacial score (nSPS) is 14.7. The number of nitrogens with zero attached hydrogens (tertiary/aromatic N) is 1. The van der Waals surface area contributed by atoms with Crippen molar-refractivity contribution in [2.24, 2.45) is 0 Å². The van der Waals surface area contributed by atoms with E-state index < -0.39 is 10.8 Å². The lowest BCUT2D eigenvalue weighted by molar-refractivity contribution is 0.106. The standard InChI is InChI=1S/C10H16Cl3NO2S/c1-5(2)14(6(3)4)10(15)16-8(12)7(11)9(13)17/h5-6,9,17H,1-4H3/b8-7-. The second-order valence-corrected chi connectivity index (χ2v) is 5.93. The highest BCUT2D eigenvalue weighted by Gasteiger charge is 2.24. The maximum atomic E-state index is 11.8. The van der Waals surface area contributed by atoms with Crippen LogP contribution in [0.2, 0.25) is 0 Å². The zero-order chi connectivity index (χ0) is 13.7. The van der Waals surface area contributed by atoms with E-state index in [4.69, 9.17) is 39.5 Å². The number of alkyl halides is 1. The van der Waals surface area contributed by atoms with Gasteiger partial charge in [-0.3, -0.25) is 0 Å². The molecule has 0 heterocycles. The minimum absolute atomic E-state index is 0.00598. The number of hydrogen-bond acceptors (Lipinski definition) is 3. The molecule has 0 saturated heterocycles. The van der Waals surface area contributed by atoms with Gasteiger partial charge in [0.2, 0.25) is 5.22 Å². The summed E-state index contributed by atoms with van der Waals surface area (Å²) in [5, 5.41) is -0.268. The van der Waals surface area contributed by atoms with E-state index in [0.717, 1.165) is 0 Å². The molecule has 3 nitrogen and oxygen atoms in total. The molecule has 0 bridgehead atoms. The summed E-state index contributed by atoms with van der Waals surface area (Å²) in [5.41, 5.74) is 0. The number of thiol groups is 1. The molecule has 7 heteroatoms. The van der Waals surface area contributed by atoms with Gasteiger partial charge in [-0.25, -0.2) is 4.79 Å². The highest BCUT2D eigenvalue weighted by Crippen LogP contribution is 2.25. The molecule has 0 aromatic heterocycles. The monoisotopic (exact) mass is 319 g/mol. The van der Waals surface area contributed by atoms with E-state index in [1.165, 1.54) is 4.90 Å². The van der Waals surface area contributed by atoms with Crippen molar-refractivity contribution in [2.75, 3.05) is 0 Å². The number of rotatable bonds is 4. The molecule has 0 aliphatic carbocycles. The topological polar surface area (TPSA) is 29.5 Å². The molecule has 1 atom stereocenters. The molecule has 0 rings (SSSR count). The van der Waals surface area contributed by atoms with E-state index in [9.17, 15) is 4.79 Å². The Labute approximate surface area is 122 Å². The number of amides is 1. The van der Waals surface area contributed by atoms with Crippen LogP contribution in [0.3, 0.4) is 0 Å². The van der Waals surface area contributed by atoms with Gasteiger partial charge in [-0.2, -0.15) is 12.6 Å². The van der Waals surface area contributed by atoms with Gasteiger partial charge in [0.25, 0.3) is 0 Å². The number of ether oxygens (including phenoxy) is 1. The van der Waals surface area contributed by atoms with E-state index in [2.05, 4.69) is 12.6 Å². The Balaban J connectivity index is 4.79. The molecule has 1 amide bonds. The van der Waals surface area contributed by atoms with Crippen LogP contribution in [0.25, 0.3) is 0 Å². The van der Waals surface area contributed by atoms with Crippen LogP contribution in [0, 0.1) is 0 Å². The molecule has 0 aliphatic rings. The van der Waals surface area contributed by atoms with Gasteiger partial charge in [0.05, 0.1) is 0 Å². The molecular weight excluding hydrogens is 305 g/mol. The fourth-order valence-electron chi connectivity index (χ4n) is 1.29. The smallest absolute Gasteiger partial charge is 0.396 e. The van der Waals surface area contributed by atoms with Crippen LogP contribution < -0.4 is 0 Å². The van der Waals surface area contributed by atoms with E-state index in [0.29, 0.717) is 0 Å². The van der Waals surface area contributed by atoms with Crippen LogP contribution in [0.4, 0.5) is 4.79 Å². The summed E-state index contributed by atoms with van der Waals surface area (Å²) >= 11 is 20.9. The van der Waals surface area contributed by atoms with Crippen molar-refractivity contribution < 1.29 is 9.53 Å². The summed E-state index contributed by atoms with van der Waals surface area (Å²) in [6, 6.07) is -0.0120. The molecule has 0 aromatic carbocycles. The maximum Gasteiger partial charge on any atom is 0.416 e. The minimum Gasteiger partial charge on any atom is -0.396 e. The summed E-state index contributed by atoms with van der Waals surface area (Å²) in [7, 11) is 0. The lowest BCUT2D eigenvalue weighted by Gasteiger charge is -2.29. The number of carbonyl (C=O) groups excluding carboxylic acids is 1. The third-order valence-corrected chi connectivity index (χ3v) is 3.40. The van der Waals surface area contributed by atoms with Crippen molar-refractivity contribution in [3.63, 3.8) is 0 Å². The molecule has 0 radical (unpaired) electrons. The van der Waals surface area contributed by atoms with Crippen LogP contribution in [0.1, 0.15) is 27.7 Å². The van der Waals surface area contributed by atoms with Gasteiger partial charge < -0.3 is 9.64 Å². The fraction of sp³-hybridized carbons (Fsp3) is 0.700. The molecule has 0 spiro atoms. The zero-order valence-electron chi connectivity index (χ0n) is 10.1. The first-order chi connectivity index (χ1) is 7.68. The predicted molar refractivity (Wildman–Crippen MR) is 76.0 cm³/mol. The molecular formula is C10H16Cl3NO2S. The SMILES string of the molecule is CC(C)N(C(=O)O/C(Cl)=C(\Cl)C(S)Cl)C(C)C. The van der Waals surface area contributed by atoms with Gasteiger partial charge in [-0.05, 0) is 39.3 Å². The van der Waals surface area contributed by atoms with E-state index in [1.807, 2.05) is 27.7 Å². The van der Waals surface area contributed by atoms with E-state index in [-0.39, 0.29) is 22.3 Å². The summed E-state index contributed by atoms with van der Waals surface area (Å²) in [6.07, 6.45) is -0.566. The maximum absolute atomic E-state index is 11.8. The zero-order valence-corrected chi connectivity index (χ0v) is 13.2. The third-order valence-electron chi connectivity index (χ3n) is 1.90. The van der Waals surface area contributed by atoms with Crippen molar-refractivity contribution in [3.8, 4) is 0 Å². The van der Waals surface area contributed by atoms with Gasteiger partial charge in [0.1, 0.15) is 9.74 Å². The first kappa shape index (κ1) is 17.2. The van der Waals surface area contributed by atoms with Crippen molar-refractivity contribution in [3.05, 3.63) is 10.3 Å². The largest absolute Gasteiger partial charge is 0.416 e. The molecule has 17 heavy (non-hydrogen) atoms. The van der Waals surface area contributed by atoms with Crippen molar-refractivity contribution in [2.45, 2.75) is 44.5 Å². The molecule has 0 N–H and O–H groups in total. The third kappa shape index (κ3) is 5.60. The average Bonchev–Trinajstić information content (AvgIpc) is 2.14. The van der Waals surface area contributed by atoms with Crippen LogP contribution in [-0.4, -0.2) is 27.8 Å². The predicted octanol–water partition coefficient (Wildman–Crippen LogP) is 4.38. The number of carbonyl (C=O) groups is 1. The molecule has 1 unspecified atom stereocenters. The summed E-state index contributed by atoms with van der Waals surface area (Å²) in [4.78, 5) is 13.4. The summed E-state index contributed by atoms with van der Waals surface area (Å²) in [6.45, 7) is 7.51. The second kappa shape index (κ2) is 7.62. The molecule has 100 valence electrons. The lowest BCUT2D eigenvalue weighted by Crippen LogP contribution is -2.42. The highest BCUT2D eigenvalue weighted by atomic mass is 35.5. The van der Waals surface area contributed by atoms with Gasteiger partial charge >= 0.3 is 6.09 Å². The Hall–Kier alpha value is 0.230. The van der Waals surface area contributed by atoms with Crippen LogP contribution in [0.15, 0.2) is 10.3 Å². The number of halogens is 3. The average molecular weight is 321 g/mol. The summed E-state index contributed by atoms with van der Waals surface area (Å²) in [5.74, 6) is 0. The van der Waals surface area contributed by atoms with Crippen LogP contribution >= 0.6 is 47.4 Å². The Morgan fingerprint density at radius 2 is 1.59 bits per heavy atom. The van der Waals surface area contributed by atoms with Gasteiger partial charge in [0.15, 0.2) is 0 Å². The fourth-order valence-corrected chi connectivity index (χ4v) is 1.85. The Bertz CT molecular complexity index is 298. The van der Waals surface area contributed by atoms with Crippen molar-refractivity contribution in [1.82, 2.24) is 4.90 Å².